The zero-order valence-corrected chi connectivity index (χ0v) is 16.0. The van der Waals surface area contributed by atoms with Crippen LogP contribution < -0.4 is 4.18 Å². The van der Waals surface area contributed by atoms with Crippen molar-refractivity contribution >= 4 is 10.1 Å². The van der Waals surface area contributed by atoms with Crippen molar-refractivity contribution < 1.29 is 25.8 Å². The highest BCUT2D eigenvalue weighted by molar-refractivity contribution is 7.88. The van der Waals surface area contributed by atoms with Gasteiger partial charge < -0.3 is 4.18 Å². The van der Waals surface area contributed by atoms with Crippen molar-refractivity contribution in [2.75, 3.05) is 0 Å². The first-order valence-corrected chi connectivity index (χ1v) is 10.7. The molecule has 0 unspecified atom stereocenters. The van der Waals surface area contributed by atoms with Crippen LogP contribution in [0.3, 0.4) is 0 Å². The maximum absolute atomic E-state index is 12.6. The normalized spacial score (nSPS) is 33.2. The second-order valence-corrected chi connectivity index (χ2v) is 10.0. The molecule has 3 aliphatic rings. The van der Waals surface area contributed by atoms with Gasteiger partial charge in [-0.2, -0.15) is 21.6 Å². The lowest BCUT2D eigenvalue weighted by molar-refractivity contribution is -0.0500. The summed E-state index contributed by atoms with van der Waals surface area (Å²) in [4.78, 5) is 0. The molecular formula is C20H23F3O3S. The van der Waals surface area contributed by atoms with Crippen LogP contribution in [0.1, 0.15) is 56.1 Å². The fraction of sp³-hybridized carbons (Fsp3) is 0.600. The number of fused-ring (bicyclic) bond motifs is 5. The molecule has 0 N–H and O–H groups in total. The summed E-state index contributed by atoms with van der Waals surface area (Å²) in [7, 11) is -5.66. The minimum Gasteiger partial charge on any atom is -0.376 e. The predicted molar refractivity (Wildman–Crippen MR) is 95.8 cm³/mol. The highest BCUT2D eigenvalue weighted by atomic mass is 32.2. The molecule has 148 valence electrons. The molecule has 3 aliphatic carbocycles. The maximum Gasteiger partial charge on any atom is 0.534 e. The minimum atomic E-state index is -5.66. The van der Waals surface area contributed by atoms with E-state index < -0.39 is 15.6 Å². The highest BCUT2D eigenvalue weighted by Crippen LogP contribution is 2.61. The molecule has 4 rings (SSSR count). The van der Waals surface area contributed by atoms with Gasteiger partial charge >= 0.3 is 15.6 Å². The van der Waals surface area contributed by atoms with E-state index in [1.807, 2.05) is 0 Å². The number of hydrogen-bond donors (Lipinski definition) is 0. The van der Waals surface area contributed by atoms with Crippen molar-refractivity contribution in [3.63, 3.8) is 0 Å². The molecule has 0 bridgehead atoms. The van der Waals surface area contributed by atoms with E-state index in [1.54, 1.807) is 6.07 Å². The summed E-state index contributed by atoms with van der Waals surface area (Å²) in [6, 6.07) is 4.52. The van der Waals surface area contributed by atoms with Crippen LogP contribution in [0.4, 0.5) is 13.2 Å². The van der Waals surface area contributed by atoms with Crippen molar-refractivity contribution in [3.8, 4) is 5.75 Å². The smallest absolute Gasteiger partial charge is 0.376 e. The van der Waals surface area contributed by atoms with E-state index in [0.717, 1.165) is 29.5 Å². The lowest BCUT2D eigenvalue weighted by Gasteiger charge is -2.50. The Bertz CT molecular complexity index is 890. The second-order valence-electron chi connectivity index (χ2n) is 8.50. The lowest BCUT2D eigenvalue weighted by atomic mass is 9.54. The Labute approximate surface area is 157 Å². The standard InChI is InChI=1S/C20H23F3O3S/c1-12-10-13-11-14(26-27(24,25)20(21,22)23)5-6-15(13)16-7-9-19(2)8-3-4-17(19)18(12)16/h5-6,11,16-18H,1,3-4,7-10H2,2H3/t16-,17+,18-,19+/m1/s1. The molecule has 1 aromatic rings. The average molecular weight is 400 g/mol. The summed E-state index contributed by atoms with van der Waals surface area (Å²) in [5.41, 5.74) is -2.02. The Kier molecular flexibility index (Phi) is 4.19. The fourth-order valence-electron chi connectivity index (χ4n) is 5.73. The molecule has 0 heterocycles. The van der Waals surface area contributed by atoms with E-state index in [4.69, 9.17) is 0 Å². The zero-order valence-electron chi connectivity index (χ0n) is 15.2. The number of rotatable bonds is 2. The summed E-state index contributed by atoms with van der Waals surface area (Å²) in [5, 5.41) is 0. The molecule has 0 amide bonds. The van der Waals surface area contributed by atoms with Gasteiger partial charge in [-0.3, -0.25) is 0 Å². The summed E-state index contributed by atoms with van der Waals surface area (Å²) >= 11 is 0. The largest absolute Gasteiger partial charge is 0.534 e. The number of allylic oxidation sites excluding steroid dienone is 1. The number of benzene rings is 1. The molecule has 7 heteroatoms. The van der Waals surface area contributed by atoms with Gasteiger partial charge in [-0.25, -0.2) is 0 Å². The molecule has 27 heavy (non-hydrogen) atoms. The van der Waals surface area contributed by atoms with Crippen molar-refractivity contribution in [1.82, 2.24) is 0 Å². The molecule has 0 aliphatic heterocycles. The van der Waals surface area contributed by atoms with E-state index in [2.05, 4.69) is 17.7 Å². The fourth-order valence-corrected chi connectivity index (χ4v) is 6.18. The van der Waals surface area contributed by atoms with Crippen LogP contribution in [0.5, 0.6) is 5.75 Å². The first-order chi connectivity index (χ1) is 12.5. The van der Waals surface area contributed by atoms with E-state index >= 15 is 0 Å². The van der Waals surface area contributed by atoms with Gasteiger partial charge in [0.15, 0.2) is 0 Å². The molecule has 0 spiro atoms. The Morgan fingerprint density at radius 1 is 1.22 bits per heavy atom. The Morgan fingerprint density at radius 2 is 1.96 bits per heavy atom. The van der Waals surface area contributed by atoms with Crippen molar-refractivity contribution in [3.05, 3.63) is 41.5 Å². The quantitative estimate of drug-likeness (QED) is 0.383. The van der Waals surface area contributed by atoms with E-state index in [0.29, 0.717) is 29.6 Å². The molecule has 0 radical (unpaired) electrons. The monoisotopic (exact) mass is 400 g/mol. The highest BCUT2D eigenvalue weighted by Gasteiger charge is 2.52. The SMILES string of the molecule is C=C1Cc2cc(OS(=O)(=O)C(F)(F)F)ccc2[C@H]2CC[C@]3(C)CCC[C@H]3[C@H]12. The van der Waals surface area contributed by atoms with E-state index in [9.17, 15) is 21.6 Å². The third-order valence-electron chi connectivity index (χ3n) is 6.94. The summed E-state index contributed by atoms with van der Waals surface area (Å²) < 4.78 is 64.6. The van der Waals surface area contributed by atoms with Crippen LogP contribution in [0, 0.1) is 17.3 Å². The van der Waals surface area contributed by atoms with Gasteiger partial charge in [-0.05, 0) is 78.5 Å². The third kappa shape index (κ3) is 2.98. The first-order valence-electron chi connectivity index (χ1n) is 9.33. The van der Waals surface area contributed by atoms with Gasteiger partial charge in [-0.1, -0.05) is 31.6 Å². The van der Waals surface area contributed by atoms with E-state index in [1.165, 1.54) is 31.4 Å². The lowest BCUT2D eigenvalue weighted by Crippen LogP contribution is -2.40. The van der Waals surface area contributed by atoms with Crippen LogP contribution in [0.2, 0.25) is 0 Å². The molecule has 0 saturated heterocycles. The average Bonchev–Trinajstić information content (AvgIpc) is 2.94. The van der Waals surface area contributed by atoms with E-state index in [-0.39, 0.29) is 5.75 Å². The molecule has 2 fully saturated rings. The Morgan fingerprint density at radius 3 is 2.67 bits per heavy atom. The topological polar surface area (TPSA) is 43.4 Å². The van der Waals surface area contributed by atoms with Crippen LogP contribution in [0.25, 0.3) is 0 Å². The van der Waals surface area contributed by atoms with Gasteiger partial charge in [0.1, 0.15) is 5.75 Å². The van der Waals surface area contributed by atoms with Crippen molar-refractivity contribution in [2.45, 2.75) is 56.9 Å². The zero-order chi connectivity index (χ0) is 19.6. The van der Waals surface area contributed by atoms with Gasteiger partial charge in [0.05, 0.1) is 0 Å². The van der Waals surface area contributed by atoms with Gasteiger partial charge in [0, 0.05) is 0 Å². The van der Waals surface area contributed by atoms with Crippen molar-refractivity contribution in [1.29, 1.82) is 0 Å². The second kappa shape index (κ2) is 6.00. The summed E-state index contributed by atoms with van der Waals surface area (Å²) in [6.45, 7) is 6.67. The maximum atomic E-state index is 12.6. The number of hydrogen-bond acceptors (Lipinski definition) is 3. The number of halogens is 3. The minimum absolute atomic E-state index is 0.293. The first kappa shape index (κ1) is 18.8. The molecule has 1 aromatic carbocycles. The molecule has 2 saturated carbocycles. The van der Waals surface area contributed by atoms with Crippen molar-refractivity contribution in [2.24, 2.45) is 17.3 Å². The van der Waals surface area contributed by atoms with Crippen LogP contribution in [-0.2, 0) is 16.5 Å². The number of alkyl halides is 3. The summed E-state index contributed by atoms with van der Waals surface area (Å²) in [5.74, 6) is 1.03. The Balaban J connectivity index is 1.66. The third-order valence-corrected chi connectivity index (χ3v) is 7.92. The Hall–Kier alpha value is -1.50. The molecular weight excluding hydrogens is 377 g/mol. The molecule has 0 aromatic heterocycles. The molecule has 4 atom stereocenters. The van der Waals surface area contributed by atoms with Gasteiger partial charge in [0.25, 0.3) is 0 Å². The predicted octanol–water partition coefficient (Wildman–Crippen LogP) is 5.33. The van der Waals surface area contributed by atoms with Crippen LogP contribution in [0.15, 0.2) is 30.4 Å². The van der Waals surface area contributed by atoms with Gasteiger partial charge in [0.2, 0.25) is 0 Å². The van der Waals surface area contributed by atoms with Gasteiger partial charge in [-0.15, -0.1) is 0 Å². The summed E-state index contributed by atoms with van der Waals surface area (Å²) in [6.07, 6.45) is 6.44. The van der Waals surface area contributed by atoms with Crippen LogP contribution >= 0.6 is 0 Å². The molecule has 3 nitrogen and oxygen atoms in total. The van der Waals surface area contributed by atoms with Crippen LogP contribution in [-0.4, -0.2) is 13.9 Å².